The van der Waals surface area contributed by atoms with Gasteiger partial charge in [0, 0.05) is 45.2 Å². The Balaban J connectivity index is 1.26. The van der Waals surface area contributed by atoms with Crippen molar-refractivity contribution in [3.8, 4) is 0 Å². The van der Waals surface area contributed by atoms with Crippen LogP contribution in [0.1, 0.15) is 55.3 Å². The van der Waals surface area contributed by atoms with Gasteiger partial charge in [-0.1, -0.05) is 0 Å². The molecule has 0 N–H and O–H groups in total. The van der Waals surface area contributed by atoms with Gasteiger partial charge in [0.05, 0.1) is 24.3 Å². The number of nitrogens with zero attached hydrogens (tertiary/aromatic N) is 3. The molecule has 2 saturated heterocycles. The molecule has 6 heteroatoms. The Bertz CT molecular complexity index is 871. The van der Waals surface area contributed by atoms with Crippen LogP contribution < -0.4 is 0 Å². The van der Waals surface area contributed by atoms with Gasteiger partial charge in [0.2, 0.25) is 0 Å². The van der Waals surface area contributed by atoms with E-state index in [2.05, 4.69) is 15.6 Å². The Morgan fingerprint density at radius 1 is 1.07 bits per heavy atom. The first-order valence-corrected chi connectivity index (χ1v) is 11.6. The number of hydrogen-bond donors (Lipinski definition) is 0. The molecule has 1 spiro atoms. The number of fused-ring (bicyclic) bond motifs is 1. The summed E-state index contributed by atoms with van der Waals surface area (Å²) < 4.78 is 13.3. The lowest BCUT2D eigenvalue weighted by molar-refractivity contribution is -0.0136. The lowest BCUT2D eigenvalue weighted by atomic mass is 9.66. The molecule has 0 aromatic carbocycles. The van der Waals surface area contributed by atoms with Gasteiger partial charge in [-0.2, -0.15) is 0 Å². The van der Waals surface area contributed by atoms with Gasteiger partial charge < -0.3 is 18.9 Å². The summed E-state index contributed by atoms with van der Waals surface area (Å²) in [7, 11) is 0. The number of carbonyl (C=O) groups excluding carboxylic acids is 1. The topological polar surface area (TPSA) is 56.6 Å². The molecule has 30 heavy (non-hydrogen) atoms. The maximum atomic E-state index is 13.1. The first-order valence-electron chi connectivity index (χ1n) is 11.6. The lowest BCUT2D eigenvalue weighted by Gasteiger charge is -2.42. The summed E-state index contributed by atoms with van der Waals surface area (Å²) in [6, 6.07) is 4.06. The van der Waals surface area contributed by atoms with Crippen molar-refractivity contribution < 1.29 is 14.3 Å². The summed E-state index contributed by atoms with van der Waals surface area (Å²) in [6.07, 6.45) is 12.9. The van der Waals surface area contributed by atoms with E-state index in [1.807, 2.05) is 17.2 Å². The Hall–Kier alpha value is -1.92. The molecular formula is C24H33N3O3. The van der Waals surface area contributed by atoms with Crippen LogP contribution in [0.2, 0.25) is 0 Å². The molecule has 5 rings (SSSR count). The molecule has 0 radical (unpaired) electrons. The lowest BCUT2D eigenvalue weighted by Crippen LogP contribution is -2.40. The van der Waals surface area contributed by atoms with Crippen LogP contribution in [0.3, 0.4) is 0 Å². The van der Waals surface area contributed by atoms with Gasteiger partial charge in [0.15, 0.2) is 0 Å². The SMILES string of the molecule is O=C(c1cn(CCC2CCC3(CCOCC3)CC2)c2cccnc12)N1CCOCC1. The molecule has 2 aromatic rings. The van der Waals surface area contributed by atoms with Gasteiger partial charge in [-0.3, -0.25) is 9.78 Å². The third-order valence-electron chi connectivity index (χ3n) is 7.66. The van der Waals surface area contributed by atoms with Gasteiger partial charge in [-0.25, -0.2) is 0 Å². The number of morpholine rings is 1. The second kappa shape index (κ2) is 8.67. The predicted octanol–water partition coefficient (Wildman–Crippen LogP) is 3.89. The number of pyridine rings is 1. The smallest absolute Gasteiger partial charge is 0.257 e. The molecular weight excluding hydrogens is 378 g/mol. The number of amides is 1. The molecule has 2 aromatic heterocycles. The van der Waals surface area contributed by atoms with Crippen molar-refractivity contribution in [3.63, 3.8) is 0 Å². The van der Waals surface area contributed by atoms with Crippen LogP contribution in [0.5, 0.6) is 0 Å². The number of aryl methyl sites for hydroxylation is 1. The fourth-order valence-corrected chi connectivity index (χ4v) is 5.61. The second-order valence-electron chi connectivity index (χ2n) is 9.36. The molecule has 1 saturated carbocycles. The van der Waals surface area contributed by atoms with E-state index in [4.69, 9.17) is 9.47 Å². The zero-order chi connectivity index (χ0) is 20.4. The summed E-state index contributed by atoms with van der Waals surface area (Å²) in [6.45, 7) is 5.42. The minimum Gasteiger partial charge on any atom is -0.381 e. The predicted molar refractivity (Wildman–Crippen MR) is 116 cm³/mol. The number of ether oxygens (including phenoxy) is 2. The highest BCUT2D eigenvalue weighted by Gasteiger charge is 2.36. The Labute approximate surface area is 178 Å². The van der Waals surface area contributed by atoms with Crippen molar-refractivity contribution in [2.75, 3.05) is 39.5 Å². The molecule has 0 unspecified atom stereocenters. The third kappa shape index (κ3) is 4.00. The Kier molecular flexibility index (Phi) is 5.79. The Morgan fingerprint density at radius 3 is 2.57 bits per heavy atom. The maximum Gasteiger partial charge on any atom is 0.257 e. The largest absolute Gasteiger partial charge is 0.381 e. The van der Waals surface area contributed by atoms with E-state index in [9.17, 15) is 4.79 Å². The summed E-state index contributed by atoms with van der Waals surface area (Å²) >= 11 is 0. The van der Waals surface area contributed by atoms with Crippen LogP contribution in [0.15, 0.2) is 24.5 Å². The molecule has 4 heterocycles. The molecule has 2 aliphatic heterocycles. The van der Waals surface area contributed by atoms with Gasteiger partial charge in [0.25, 0.3) is 5.91 Å². The highest BCUT2D eigenvalue weighted by atomic mass is 16.5. The quantitative estimate of drug-likeness (QED) is 0.766. The van der Waals surface area contributed by atoms with E-state index in [0.29, 0.717) is 31.7 Å². The molecule has 3 fully saturated rings. The first-order chi connectivity index (χ1) is 14.7. The van der Waals surface area contributed by atoms with Crippen LogP contribution >= 0.6 is 0 Å². The van der Waals surface area contributed by atoms with E-state index in [0.717, 1.165) is 42.3 Å². The minimum atomic E-state index is 0.0832. The molecule has 6 nitrogen and oxygen atoms in total. The van der Waals surface area contributed by atoms with E-state index in [-0.39, 0.29) is 5.91 Å². The monoisotopic (exact) mass is 411 g/mol. The van der Waals surface area contributed by atoms with Crippen LogP contribution in [0, 0.1) is 11.3 Å². The van der Waals surface area contributed by atoms with Crippen molar-refractivity contribution >= 4 is 16.9 Å². The molecule has 0 atom stereocenters. The van der Waals surface area contributed by atoms with Gasteiger partial charge >= 0.3 is 0 Å². The summed E-state index contributed by atoms with van der Waals surface area (Å²) in [5.74, 6) is 0.867. The summed E-state index contributed by atoms with van der Waals surface area (Å²) in [5, 5.41) is 0. The Morgan fingerprint density at radius 2 is 1.80 bits per heavy atom. The number of aromatic nitrogens is 2. The van der Waals surface area contributed by atoms with Gasteiger partial charge in [-0.05, 0) is 68.4 Å². The van der Waals surface area contributed by atoms with Crippen molar-refractivity contribution in [1.82, 2.24) is 14.5 Å². The van der Waals surface area contributed by atoms with E-state index < -0.39 is 0 Å². The van der Waals surface area contributed by atoms with Gasteiger partial charge in [0.1, 0.15) is 5.52 Å². The van der Waals surface area contributed by atoms with Crippen molar-refractivity contribution in [3.05, 3.63) is 30.1 Å². The maximum absolute atomic E-state index is 13.1. The van der Waals surface area contributed by atoms with Crippen molar-refractivity contribution in [2.24, 2.45) is 11.3 Å². The van der Waals surface area contributed by atoms with Crippen molar-refractivity contribution in [2.45, 2.75) is 51.5 Å². The summed E-state index contributed by atoms with van der Waals surface area (Å²) in [5.41, 5.74) is 3.21. The number of hydrogen-bond acceptors (Lipinski definition) is 4. The molecule has 162 valence electrons. The summed E-state index contributed by atoms with van der Waals surface area (Å²) in [4.78, 5) is 19.6. The molecule has 1 aliphatic carbocycles. The highest BCUT2D eigenvalue weighted by Crippen LogP contribution is 2.46. The minimum absolute atomic E-state index is 0.0832. The van der Waals surface area contributed by atoms with E-state index >= 15 is 0 Å². The third-order valence-corrected chi connectivity index (χ3v) is 7.66. The number of carbonyl (C=O) groups is 1. The van der Waals surface area contributed by atoms with Crippen LogP contribution in [-0.2, 0) is 16.0 Å². The molecule has 0 bridgehead atoms. The fourth-order valence-electron chi connectivity index (χ4n) is 5.61. The number of rotatable bonds is 4. The zero-order valence-electron chi connectivity index (χ0n) is 17.9. The van der Waals surface area contributed by atoms with Crippen LogP contribution in [0.25, 0.3) is 11.0 Å². The first kappa shape index (κ1) is 20.0. The average Bonchev–Trinajstić information content (AvgIpc) is 3.18. The van der Waals surface area contributed by atoms with Gasteiger partial charge in [-0.15, -0.1) is 0 Å². The van der Waals surface area contributed by atoms with Crippen LogP contribution in [0.4, 0.5) is 0 Å². The van der Waals surface area contributed by atoms with E-state index in [1.165, 1.54) is 44.9 Å². The average molecular weight is 412 g/mol. The zero-order valence-corrected chi connectivity index (χ0v) is 17.9. The van der Waals surface area contributed by atoms with E-state index in [1.54, 1.807) is 6.20 Å². The van der Waals surface area contributed by atoms with Crippen LogP contribution in [-0.4, -0.2) is 59.9 Å². The highest BCUT2D eigenvalue weighted by molar-refractivity contribution is 6.05. The standard InChI is InChI=1S/C24H33N3O3/c28-23(26-12-16-30-17-13-26)20-18-27(21-2-1-10-25-22(20)21)11-5-19-3-6-24(7-4-19)8-14-29-15-9-24/h1-2,10,18-19H,3-9,11-17H2. The second-order valence-corrected chi connectivity index (χ2v) is 9.36. The van der Waals surface area contributed by atoms with Crippen molar-refractivity contribution in [1.29, 1.82) is 0 Å². The molecule has 1 amide bonds. The normalized spacial score (nSPS) is 22.6. The fraction of sp³-hybridized carbons (Fsp3) is 0.667. The molecule has 3 aliphatic rings.